The fraction of sp³-hybridized carbons (Fsp3) is 0.300. The Labute approximate surface area is 88.4 Å². The predicted octanol–water partition coefficient (Wildman–Crippen LogP) is 1.39. The molecule has 0 aliphatic carbocycles. The van der Waals surface area contributed by atoms with Crippen molar-refractivity contribution in [3.05, 3.63) is 29.6 Å². The lowest BCUT2D eigenvalue weighted by atomic mass is 10.2. The number of nitrogens with zero attached hydrogens (tertiary/aromatic N) is 1. The van der Waals surface area contributed by atoms with E-state index in [0.29, 0.717) is 18.2 Å². The molecular formula is C10H15FN4. The van der Waals surface area contributed by atoms with E-state index in [1.807, 2.05) is 19.9 Å². The summed E-state index contributed by atoms with van der Waals surface area (Å²) in [6, 6.07) is 4.65. The van der Waals surface area contributed by atoms with E-state index in [-0.39, 0.29) is 5.82 Å². The van der Waals surface area contributed by atoms with Crippen molar-refractivity contribution in [2.75, 3.05) is 11.9 Å². The zero-order valence-corrected chi connectivity index (χ0v) is 8.84. The van der Waals surface area contributed by atoms with Crippen LogP contribution >= 0.6 is 0 Å². The van der Waals surface area contributed by atoms with Gasteiger partial charge in [0.2, 0.25) is 5.96 Å². The molecule has 0 fully saturated rings. The Bertz CT molecular complexity index is 342. The van der Waals surface area contributed by atoms with E-state index >= 15 is 0 Å². The van der Waals surface area contributed by atoms with Crippen LogP contribution in [0.2, 0.25) is 0 Å². The fourth-order valence-electron chi connectivity index (χ4n) is 1.22. The molecule has 0 aliphatic rings. The highest BCUT2D eigenvalue weighted by atomic mass is 19.1. The molecular weight excluding hydrogens is 195 g/mol. The van der Waals surface area contributed by atoms with Crippen LogP contribution in [0.1, 0.15) is 12.5 Å². The highest BCUT2D eigenvalue weighted by molar-refractivity contribution is 5.93. The minimum Gasteiger partial charge on any atom is -0.325 e. The Balaban J connectivity index is 2.83. The molecule has 82 valence electrons. The van der Waals surface area contributed by atoms with Crippen LogP contribution in [0.4, 0.5) is 10.1 Å². The summed E-state index contributed by atoms with van der Waals surface area (Å²) >= 11 is 0. The lowest BCUT2D eigenvalue weighted by Crippen LogP contribution is -2.36. The molecule has 1 aromatic rings. The molecule has 15 heavy (non-hydrogen) atoms. The number of hydrogen-bond acceptors (Lipinski definition) is 2. The summed E-state index contributed by atoms with van der Waals surface area (Å²) in [6.45, 7) is 4.30. The lowest BCUT2D eigenvalue weighted by molar-refractivity contribution is 0.627. The Hall–Kier alpha value is -1.62. The summed E-state index contributed by atoms with van der Waals surface area (Å²) in [7, 11) is 0. The summed E-state index contributed by atoms with van der Waals surface area (Å²) in [6.07, 6.45) is 0. The van der Waals surface area contributed by atoms with Crippen LogP contribution in [-0.2, 0) is 0 Å². The molecule has 0 amide bonds. The van der Waals surface area contributed by atoms with E-state index < -0.39 is 0 Å². The molecule has 0 aromatic heterocycles. The highest BCUT2D eigenvalue weighted by Gasteiger charge is 2.00. The molecule has 0 saturated carbocycles. The Morgan fingerprint density at radius 2 is 2.20 bits per heavy atom. The Kier molecular flexibility index (Phi) is 4.05. The normalized spacial score (nSPS) is 11.3. The van der Waals surface area contributed by atoms with Gasteiger partial charge in [-0.3, -0.25) is 10.4 Å². The third kappa shape index (κ3) is 3.55. The van der Waals surface area contributed by atoms with E-state index in [1.54, 1.807) is 0 Å². The van der Waals surface area contributed by atoms with Gasteiger partial charge in [0, 0.05) is 12.2 Å². The molecule has 0 bridgehead atoms. The van der Waals surface area contributed by atoms with Crippen molar-refractivity contribution in [1.29, 1.82) is 0 Å². The Morgan fingerprint density at radius 1 is 1.47 bits per heavy atom. The molecule has 4 nitrogen and oxygen atoms in total. The molecule has 5 heteroatoms. The van der Waals surface area contributed by atoms with Crippen molar-refractivity contribution in [2.24, 2.45) is 10.8 Å². The molecule has 0 aliphatic heterocycles. The maximum absolute atomic E-state index is 13.0. The number of rotatable bonds is 2. The zero-order chi connectivity index (χ0) is 11.3. The van der Waals surface area contributed by atoms with Crippen molar-refractivity contribution >= 4 is 11.6 Å². The molecule has 0 spiro atoms. The number of guanidine groups is 1. The molecule has 0 saturated heterocycles. The van der Waals surface area contributed by atoms with Crippen LogP contribution in [0.15, 0.2) is 23.2 Å². The predicted molar refractivity (Wildman–Crippen MR) is 60.1 cm³/mol. The lowest BCUT2D eigenvalue weighted by Gasteiger charge is -2.09. The molecule has 0 unspecified atom stereocenters. The van der Waals surface area contributed by atoms with Crippen molar-refractivity contribution < 1.29 is 4.39 Å². The van der Waals surface area contributed by atoms with Crippen molar-refractivity contribution in [1.82, 2.24) is 5.43 Å². The van der Waals surface area contributed by atoms with Crippen molar-refractivity contribution in [3.63, 3.8) is 0 Å². The fourth-order valence-corrected chi connectivity index (χ4v) is 1.22. The topological polar surface area (TPSA) is 62.4 Å². The maximum atomic E-state index is 13.0. The third-order valence-corrected chi connectivity index (χ3v) is 1.76. The van der Waals surface area contributed by atoms with Crippen LogP contribution < -0.4 is 16.6 Å². The number of benzene rings is 1. The minimum atomic E-state index is -0.287. The quantitative estimate of drug-likeness (QED) is 0.299. The SMILES string of the molecule is CCN=C(NN)Nc1cc(C)cc(F)c1. The summed E-state index contributed by atoms with van der Waals surface area (Å²) < 4.78 is 13.0. The zero-order valence-electron chi connectivity index (χ0n) is 8.84. The van der Waals surface area contributed by atoms with Gasteiger partial charge in [0.15, 0.2) is 0 Å². The first-order valence-electron chi connectivity index (χ1n) is 4.71. The number of aryl methyl sites for hydroxylation is 1. The second-order valence-electron chi connectivity index (χ2n) is 3.11. The molecule has 4 N–H and O–H groups in total. The van der Waals surface area contributed by atoms with E-state index in [2.05, 4.69) is 15.7 Å². The van der Waals surface area contributed by atoms with E-state index in [1.165, 1.54) is 12.1 Å². The van der Waals surface area contributed by atoms with Gasteiger partial charge in [-0.25, -0.2) is 10.2 Å². The van der Waals surface area contributed by atoms with Crippen molar-refractivity contribution in [3.8, 4) is 0 Å². The maximum Gasteiger partial charge on any atom is 0.210 e. The largest absolute Gasteiger partial charge is 0.325 e. The highest BCUT2D eigenvalue weighted by Crippen LogP contribution is 2.12. The first kappa shape index (κ1) is 11.5. The van der Waals surface area contributed by atoms with E-state index in [9.17, 15) is 4.39 Å². The second kappa shape index (κ2) is 5.31. The van der Waals surface area contributed by atoms with Gasteiger partial charge in [0.05, 0.1) is 0 Å². The van der Waals surface area contributed by atoms with Crippen LogP contribution in [0, 0.1) is 12.7 Å². The number of nitrogens with two attached hydrogens (primary N) is 1. The monoisotopic (exact) mass is 210 g/mol. The van der Waals surface area contributed by atoms with Gasteiger partial charge in [-0.15, -0.1) is 0 Å². The number of aliphatic imine (C=N–C) groups is 1. The van der Waals surface area contributed by atoms with Crippen LogP contribution in [0.25, 0.3) is 0 Å². The molecule has 0 radical (unpaired) electrons. The number of anilines is 1. The summed E-state index contributed by atoms with van der Waals surface area (Å²) in [5, 5.41) is 2.89. The van der Waals surface area contributed by atoms with Gasteiger partial charge in [-0.1, -0.05) is 0 Å². The van der Waals surface area contributed by atoms with Gasteiger partial charge in [0.25, 0.3) is 0 Å². The first-order chi connectivity index (χ1) is 7.15. The second-order valence-corrected chi connectivity index (χ2v) is 3.11. The van der Waals surface area contributed by atoms with Gasteiger partial charge < -0.3 is 5.32 Å². The van der Waals surface area contributed by atoms with Crippen LogP contribution in [-0.4, -0.2) is 12.5 Å². The number of hydrazine groups is 1. The number of hydrogen-bond donors (Lipinski definition) is 3. The van der Waals surface area contributed by atoms with Crippen LogP contribution in [0.5, 0.6) is 0 Å². The number of nitrogens with one attached hydrogen (secondary N) is 2. The molecule has 1 rings (SSSR count). The van der Waals surface area contributed by atoms with E-state index in [4.69, 9.17) is 5.84 Å². The summed E-state index contributed by atoms with van der Waals surface area (Å²) in [5.41, 5.74) is 3.87. The first-order valence-corrected chi connectivity index (χ1v) is 4.71. The average Bonchev–Trinajstić information content (AvgIpc) is 2.15. The third-order valence-electron chi connectivity index (χ3n) is 1.76. The number of halogens is 1. The summed E-state index contributed by atoms with van der Waals surface area (Å²) in [4.78, 5) is 4.04. The van der Waals surface area contributed by atoms with Gasteiger partial charge >= 0.3 is 0 Å². The molecule has 0 atom stereocenters. The van der Waals surface area contributed by atoms with E-state index in [0.717, 1.165) is 5.56 Å². The smallest absolute Gasteiger partial charge is 0.210 e. The van der Waals surface area contributed by atoms with Gasteiger partial charge in [0.1, 0.15) is 5.82 Å². The van der Waals surface area contributed by atoms with Gasteiger partial charge in [-0.2, -0.15) is 0 Å². The Morgan fingerprint density at radius 3 is 2.73 bits per heavy atom. The van der Waals surface area contributed by atoms with Gasteiger partial charge in [-0.05, 0) is 37.6 Å². The minimum absolute atomic E-state index is 0.287. The van der Waals surface area contributed by atoms with Crippen LogP contribution in [0.3, 0.4) is 0 Å². The molecule has 1 aromatic carbocycles. The van der Waals surface area contributed by atoms with Crippen molar-refractivity contribution in [2.45, 2.75) is 13.8 Å². The molecule has 0 heterocycles. The standard InChI is InChI=1S/C10H15FN4/c1-3-13-10(15-12)14-9-5-7(2)4-8(11)6-9/h4-6H,3,12H2,1-2H3,(H2,13,14,15). The average molecular weight is 210 g/mol. The summed E-state index contributed by atoms with van der Waals surface area (Å²) in [5.74, 6) is 5.38.